The van der Waals surface area contributed by atoms with E-state index < -0.39 is 11.8 Å². The number of furan rings is 1. The fourth-order valence-corrected chi connectivity index (χ4v) is 2.80. The monoisotopic (exact) mass is 415 g/mol. The minimum atomic E-state index is -0.586. The summed E-state index contributed by atoms with van der Waals surface area (Å²) in [5.41, 5.74) is 6.63. The lowest BCUT2D eigenvalue weighted by Gasteiger charge is -2.12. The molecule has 0 unspecified atom stereocenters. The summed E-state index contributed by atoms with van der Waals surface area (Å²) in [4.78, 5) is 25.2. The molecule has 3 rings (SSSR count). The van der Waals surface area contributed by atoms with E-state index in [0.29, 0.717) is 17.0 Å². The zero-order chi connectivity index (χ0) is 20.1. The zero-order valence-electron chi connectivity index (χ0n) is 14.4. The minimum Gasteiger partial charge on any atom is -0.465 e. The Balaban J connectivity index is 1.86. The van der Waals surface area contributed by atoms with Crippen molar-refractivity contribution in [1.29, 1.82) is 0 Å². The number of nitrogens with one attached hydrogen (secondary N) is 2. The van der Waals surface area contributed by atoms with Crippen LogP contribution in [-0.4, -0.2) is 11.8 Å². The highest BCUT2D eigenvalue weighted by Gasteiger charge is 2.16. The largest absolute Gasteiger partial charge is 0.465 e. The summed E-state index contributed by atoms with van der Waals surface area (Å²) in [6, 6.07) is 14.8. The van der Waals surface area contributed by atoms with Crippen molar-refractivity contribution >= 4 is 52.5 Å². The van der Waals surface area contributed by atoms with E-state index in [-0.39, 0.29) is 21.4 Å². The molecule has 142 valence electrons. The predicted molar refractivity (Wildman–Crippen MR) is 110 cm³/mol. The first kappa shape index (κ1) is 19.5. The third-order valence-electron chi connectivity index (χ3n) is 3.70. The Morgan fingerprint density at radius 3 is 2.29 bits per heavy atom. The van der Waals surface area contributed by atoms with Gasteiger partial charge in [-0.15, -0.1) is 0 Å². The van der Waals surface area contributed by atoms with Crippen LogP contribution in [0.3, 0.4) is 0 Å². The molecule has 4 N–H and O–H groups in total. The number of carbonyl (C=O) groups excluding carboxylic acids is 2. The molecule has 0 aliphatic carbocycles. The van der Waals surface area contributed by atoms with Crippen molar-refractivity contribution in [3.05, 3.63) is 87.9 Å². The van der Waals surface area contributed by atoms with Crippen LogP contribution in [0.15, 0.2) is 71.0 Å². The second-order valence-electron chi connectivity index (χ2n) is 5.70. The lowest BCUT2D eigenvalue weighted by molar-refractivity contribution is -0.113. The van der Waals surface area contributed by atoms with E-state index in [9.17, 15) is 9.59 Å². The molecule has 1 heterocycles. The maximum absolute atomic E-state index is 12.8. The van der Waals surface area contributed by atoms with Gasteiger partial charge >= 0.3 is 0 Å². The summed E-state index contributed by atoms with van der Waals surface area (Å²) in [7, 11) is 0. The molecule has 0 spiro atoms. The molecule has 2 amide bonds. The Labute approximate surface area is 170 Å². The Kier molecular flexibility index (Phi) is 6.03. The van der Waals surface area contributed by atoms with Gasteiger partial charge in [0, 0.05) is 17.3 Å². The third kappa shape index (κ3) is 4.73. The molecule has 0 aliphatic rings. The van der Waals surface area contributed by atoms with Crippen molar-refractivity contribution in [3.8, 4) is 0 Å². The SMILES string of the molecule is Nc1c(Cl)cc(NC(=O)/C(=C/c2ccco2)NC(=O)c2ccccc2)cc1Cl. The average molecular weight is 416 g/mol. The minimum absolute atomic E-state index is 0.0205. The highest BCUT2D eigenvalue weighted by Crippen LogP contribution is 2.31. The number of nitrogens with two attached hydrogens (primary N) is 1. The van der Waals surface area contributed by atoms with Crippen LogP contribution in [0.5, 0.6) is 0 Å². The van der Waals surface area contributed by atoms with Gasteiger partial charge in [-0.1, -0.05) is 41.4 Å². The van der Waals surface area contributed by atoms with Gasteiger partial charge in [0.25, 0.3) is 11.8 Å². The molecule has 1 aromatic heterocycles. The van der Waals surface area contributed by atoms with Crippen molar-refractivity contribution < 1.29 is 14.0 Å². The van der Waals surface area contributed by atoms with Crippen LogP contribution in [-0.2, 0) is 4.79 Å². The van der Waals surface area contributed by atoms with E-state index >= 15 is 0 Å². The van der Waals surface area contributed by atoms with Crippen LogP contribution < -0.4 is 16.4 Å². The van der Waals surface area contributed by atoms with Gasteiger partial charge in [0.15, 0.2) is 0 Å². The third-order valence-corrected chi connectivity index (χ3v) is 4.32. The quantitative estimate of drug-likeness (QED) is 0.419. The lowest BCUT2D eigenvalue weighted by atomic mass is 10.2. The van der Waals surface area contributed by atoms with Gasteiger partial charge in [-0.2, -0.15) is 0 Å². The van der Waals surface area contributed by atoms with E-state index in [4.69, 9.17) is 33.4 Å². The predicted octanol–water partition coefficient (Wildman–Crippen LogP) is 4.58. The fraction of sp³-hybridized carbons (Fsp3) is 0. The second kappa shape index (κ2) is 8.65. The number of anilines is 2. The van der Waals surface area contributed by atoms with E-state index in [1.165, 1.54) is 24.5 Å². The summed E-state index contributed by atoms with van der Waals surface area (Å²) < 4.78 is 5.24. The van der Waals surface area contributed by atoms with Gasteiger partial charge in [-0.3, -0.25) is 9.59 Å². The Hall–Kier alpha value is -3.22. The number of carbonyl (C=O) groups is 2. The summed E-state index contributed by atoms with van der Waals surface area (Å²) in [5, 5.41) is 5.63. The van der Waals surface area contributed by atoms with Crippen molar-refractivity contribution in [2.45, 2.75) is 0 Å². The van der Waals surface area contributed by atoms with Gasteiger partial charge in [0.2, 0.25) is 0 Å². The summed E-state index contributed by atoms with van der Waals surface area (Å²) >= 11 is 12.0. The summed E-state index contributed by atoms with van der Waals surface area (Å²) in [6.45, 7) is 0. The molecule has 0 bridgehead atoms. The van der Waals surface area contributed by atoms with Gasteiger partial charge in [-0.25, -0.2) is 0 Å². The van der Waals surface area contributed by atoms with Crippen LogP contribution in [0.1, 0.15) is 16.1 Å². The number of rotatable bonds is 5. The fourth-order valence-electron chi connectivity index (χ4n) is 2.31. The Morgan fingerprint density at radius 1 is 1.00 bits per heavy atom. The number of benzene rings is 2. The number of halogens is 2. The molecule has 0 fully saturated rings. The Morgan fingerprint density at radius 2 is 1.68 bits per heavy atom. The summed E-state index contributed by atoms with van der Waals surface area (Å²) in [6.07, 6.45) is 2.87. The first-order chi connectivity index (χ1) is 13.4. The maximum Gasteiger partial charge on any atom is 0.272 e. The summed E-state index contributed by atoms with van der Waals surface area (Å²) in [5.74, 6) is -0.633. The van der Waals surface area contributed by atoms with Crippen molar-refractivity contribution in [2.24, 2.45) is 0 Å². The lowest BCUT2D eigenvalue weighted by Crippen LogP contribution is -2.30. The second-order valence-corrected chi connectivity index (χ2v) is 6.52. The standard InChI is InChI=1S/C20H15Cl2N3O3/c21-15-9-13(10-16(22)18(15)23)24-20(27)17(11-14-7-4-8-28-14)25-19(26)12-5-2-1-3-6-12/h1-11H,23H2,(H,24,27)(H,25,26)/b17-11-. The molecule has 0 atom stereocenters. The molecule has 0 aliphatic heterocycles. The Bertz CT molecular complexity index is 1010. The molecule has 0 radical (unpaired) electrons. The van der Waals surface area contributed by atoms with Crippen molar-refractivity contribution in [1.82, 2.24) is 5.32 Å². The highest BCUT2D eigenvalue weighted by molar-refractivity contribution is 6.39. The van der Waals surface area contributed by atoms with Crippen LogP contribution in [0, 0.1) is 0 Å². The molecule has 3 aromatic rings. The average Bonchev–Trinajstić information content (AvgIpc) is 3.19. The van der Waals surface area contributed by atoms with Crippen LogP contribution in [0.25, 0.3) is 6.08 Å². The van der Waals surface area contributed by atoms with E-state index in [1.807, 2.05) is 0 Å². The van der Waals surface area contributed by atoms with E-state index in [2.05, 4.69) is 10.6 Å². The smallest absolute Gasteiger partial charge is 0.272 e. The number of amides is 2. The normalized spacial score (nSPS) is 11.1. The molecule has 0 saturated heterocycles. The molecule has 8 heteroatoms. The van der Waals surface area contributed by atoms with E-state index in [0.717, 1.165) is 0 Å². The molecule has 2 aromatic carbocycles. The number of hydrogen-bond acceptors (Lipinski definition) is 4. The van der Waals surface area contributed by atoms with Crippen LogP contribution >= 0.6 is 23.2 Å². The van der Waals surface area contributed by atoms with Crippen molar-refractivity contribution in [2.75, 3.05) is 11.1 Å². The highest BCUT2D eigenvalue weighted by atomic mass is 35.5. The van der Waals surface area contributed by atoms with Gasteiger partial charge in [0.1, 0.15) is 11.5 Å². The number of nitrogen functional groups attached to an aromatic ring is 1. The molecular weight excluding hydrogens is 401 g/mol. The van der Waals surface area contributed by atoms with Gasteiger partial charge in [0.05, 0.1) is 22.0 Å². The number of hydrogen-bond donors (Lipinski definition) is 3. The van der Waals surface area contributed by atoms with Gasteiger partial charge < -0.3 is 20.8 Å². The van der Waals surface area contributed by atoms with Crippen LogP contribution in [0.4, 0.5) is 11.4 Å². The van der Waals surface area contributed by atoms with Gasteiger partial charge in [-0.05, 0) is 36.4 Å². The topological polar surface area (TPSA) is 97.4 Å². The van der Waals surface area contributed by atoms with Crippen LogP contribution in [0.2, 0.25) is 10.0 Å². The molecule has 6 nitrogen and oxygen atoms in total. The van der Waals surface area contributed by atoms with Crippen molar-refractivity contribution in [3.63, 3.8) is 0 Å². The maximum atomic E-state index is 12.8. The first-order valence-electron chi connectivity index (χ1n) is 8.11. The zero-order valence-corrected chi connectivity index (χ0v) is 15.9. The molecule has 28 heavy (non-hydrogen) atoms. The van der Waals surface area contributed by atoms with E-state index in [1.54, 1.807) is 42.5 Å². The molecular formula is C20H15Cl2N3O3. The molecule has 0 saturated carbocycles. The first-order valence-corrected chi connectivity index (χ1v) is 8.87.